The van der Waals surface area contributed by atoms with Crippen LogP contribution < -0.4 is 4.90 Å². The lowest BCUT2D eigenvalue weighted by atomic mass is 9.70. The summed E-state index contributed by atoms with van der Waals surface area (Å²) < 4.78 is 0. The molecule has 0 saturated carbocycles. The fourth-order valence-electron chi connectivity index (χ4n) is 11.9. The Labute approximate surface area is 415 Å². The number of aromatic nitrogens is 3. The summed E-state index contributed by atoms with van der Waals surface area (Å²) in [7, 11) is 0. The molecule has 336 valence electrons. The third kappa shape index (κ3) is 6.34. The van der Waals surface area contributed by atoms with E-state index < -0.39 is 5.41 Å². The van der Waals surface area contributed by atoms with E-state index in [1.807, 2.05) is 36.4 Å². The van der Waals surface area contributed by atoms with Gasteiger partial charge in [-0.25, -0.2) is 15.0 Å². The number of allylic oxidation sites excluding steroid dienone is 4. The molecule has 9 aromatic carbocycles. The molecule has 3 aliphatic rings. The predicted molar refractivity (Wildman–Crippen MR) is 293 cm³/mol. The Hall–Kier alpha value is -8.99. The van der Waals surface area contributed by atoms with Crippen molar-refractivity contribution in [1.82, 2.24) is 15.0 Å². The van der Waals surface area contributed by atoms with Crippen molar-refractivity contribution in [2.75, 3.05) is 4.90 Å². The van der Waals surface area contributed by atoms with Gasteiger partial charge in [0.05, 0.1) is 11.1 Å². The number of rotatable bonds is 9. The lowest BCUT2D eigenvalue weighted by molar-refractivity contribution is 0.660. The monoisotopic (exact) mass is 908 g/mol. The second-order valence-corrected chi connectivity index (χ2v) is 19.2. The maximum Gasteiger partial charge on any atom is 0.164 e. The molecule has 0 radical (unpaired) electrons. The van der Waals surface area contributed by atoms with Crippen LogP contribution >= 0.6 is 0 Å². The fraction of sp³-hybridized carbons (Fsp3) is 0.0597. The van der Waals surface area contributed by atoms with Gasteiger partial charge in [0.15, 0.2) is 17.5 Å². The molecule has 10 aromatic rings. The summed E-state index contributed by atoms with van der Waals surface area (Å²) in [6.07, 6.45) is 5.36. The van der Waals surface area contributed by atoms with Crippen molar-refractivity contribution in [3.8, 4) is 67.3 Å². The first kappa shape index (κ1) is 42.1. The largest absolute Gasteiger partial charge is 0.310 e. The van der Waals surface area contributed by atoms with E-state index in [1.54, 1.807) is 12.2 Å². The number of benzene rings is 9. The fourth-order valence-corrected chi connectivity index (χ4v) is 11.9. The smallest absolute Gasteiger partial charge is 0.164 e. The Morgan fingerprint density at radius 1 is 0.408 bits per heavy atom. The summed E-state index contributed by atoms with van der Waals surface area (Å²) in [5.74, 6) is 1.71. The van der Waals surface area contributed by atoms with Gasteiger partial charge in [0, 0.05) is 39.1 Å². The van der Waals surface area contributed by atoms with Crippen molar-refractivity contribution in [3.63, 3.8) is 0 Å². The van der Waals surface area contributed by atoms with Crippen LogP contribution in [-0.2, 0) is 10.8 Å². The third-order valence-electron chi connectivity index (χ3n) is 15.1. The van der Waals surface area contributed by atoms with Crippen molar-refractivity contribution >= 4 is 22.6 Å². The quantitative estimate of drug-likeness (QED) is 0.135. The van der Waals surface area contributed by atoms with Gasteiger partial charge < -0.3 is 4.90 Å². The standard InChI is InChI=1S/C67H48N4/c1-5-20-43(6-2)63-68-64(45-21-8-7-9-22-45)70-65(69-63)46-35-33-44(34-36-46)49-23-14-19-32-62(49)71(47-37-39-54-50-24-10-15-28-56(50)66(3,4)60(54)41-47)48-38-40-55-53-27-13-18-31-59(53)67(61(55)42-48)57-29-16-11-25-51(57)52-26-12-17-30-58(52)67/h5-42H,1-2H2,3-4H3/b43-20+. The van der Waals surface area contributed by atoms with Gasteiger partial charge in [-0.3, -0.25) is 0 Å². The molecule has 1 spiro atoms. The lowest BCUT2D eigenvalue weighted by Gasteiger charge is -2.33. The summed E-state index contributed by atoms with van der Waals surface area (Å²) in [6, 6.07) is 77.7. The zero-order valence-electron chi connectivity index (χ0n) is 39.6. The van der Waals surface area contributed by atoms with Crippen molar-refractivity contribution in [2.24, 2.45) is 0 Å². The van der Waals surface area contributed by atoms with E-state index in [2.05, 4.69) is 214 Å². The molecule has 13 rings (SSSR count). The molecule has 1 heterocycles. The molecular formula is C67H48N4. The van der Waals surface area contributed by atoms with E-state index in [0.29, 0.717) is 17.5 Å². The van der Waals surface area contributed by atoms with E-state index in [0.717, 1.165) is 44.9 Å². The average Bonchev–Trinajstić information content (AvgIpc) is 3.98. The molecule has 0 amide bonds. The Morgan fingerprint density at radius 2 is 0.845 bits per heavy atom. The maximum absolute atomic E-state index is 5.02. The molecule has 1 aromatic heterocycles. The van der Waals surface area contributed by atoms with Crippen LogP contribution in [0, 0.1) is 0 Å². The molecule has 0 N–H and O–H groups in total. The van der Waals surface area contributed by atoms with Crippen molar-refractivity contribution in [2.45, 2.75) is 24.7 Å². The van der Waals surface area contributed by atoms with Gasteiger partial charge in [0.2, 0.25) is 0 Å². The summed E-state index contributed by atoms with van der Waals surface area (Å²) in [4.78, 5) is 17.4. The maximum atomic E-state index is 5.02. The first-order chi connectivity index (χ1) is 34.9. The van der Waals surface area contributed by atoms with Gasteiger partial charge in [-0.05, 0) is 103 Å². The van der Waals surface area contributed by atoms with Gasteiger partial charge in [-0.15, -0.1) is 0 Å². The van der Waals surface area contributed by atoms with Crippen LogP contribution in [0.5, 0.6) is 0 Å². The highest BCUT2D eigenvalue weighted by atomic mass is 15.1. The number of nitrogens with zero attached hydrogens (tertiary/aromatic N) is 4. The Bertz CT molecular complexity index is 3780. The molecule has 0 aliphatic heterocycles. The number of hydrogen-bond acceptors (Lipinski definition) is 4. The van der Waals surface area contributed by atoms with Gasteiger partial charge in [0.25, 0.3) is 0 Å². The summed E-state index contributed by atoms with van der Waals surface area (Å²) in [6.45, 7) is 12.7. The Balaban J connectivity index is 1.000. The van der Waals surface area contributed by atoms with E-state index in [-0.39, 0.29) is 5.41 Å². The molecular weight excluding hydrogens is 861 g/mol. The van der Waals surface area contributed by atoms with Crippen molar-refractivity contribution in [3.05, 3.63) is 283 Å². The van der Waals surface area contributed by atoms with Crippen LogP contribution in [0.1, 0.15) is 53.1 Å². The van der Waals surface area contributed by atoms with Gasteiger partial charge >= 0.3 is 0 Å². The number of fused-ring (bicyclic) bond motifs is 13. The van der Waals surface area contributed by atoms with Gasteiger partial charge in [-0.1, -0.05) is 227 Å². The second-order valence-electron chi connectivity index (χ2n) is 19.2. The zero-order chi connectivity index (χ0) is 47.8. The molecule has 0 saturated heterocycles. The van der Waals surface area contributed by atoms with Crippen LogP contribution in [0.25, 0.3) is 72.9 Å². The van der Waals surface area contributed by atoms with E-state index in [9.17, 15) is 0 Å². The molecule has 4 heteroatoms. The Kier molecular flexibility index (Phi) is 9.69. The van der Waals surface area contributed by atoms with E-state index in [4.69, 9.17) is 15.0 Å². The summed E-state index contributed by atoms with van der Waals surface area (Å²) >= 11 is 0. The minimum Gasteiger partial charge on any atom is -0.310 e. The molecule has 0 fully saturated rings. The van der Waals surface area contributed by atoms with Crippen molar-refractivity contribution in [1.29, 1.82) is 0 Å². The number of para-hydroxylation sites is 1. The number of hydrogen-bond donors (Lipinski definition) is 0. The first-order valence-electron chi connectivity index (χ1n) is 24.3. The predicted octanol–water partition coefficient (Wildman–Crippen LogP) is 16.7. The molecule has 0 atom stereocenters. The van der Waals surface area contributed by atoms with E-state index in [1.165, 1.54) is 66.8 Å². The lowest BCUT2D eigenvalue weighted by Crippen LogP contribution is -2.26. The number of anilines is 3. The average molecular weight is 909 g/mol. The Morgan fingerprint density at radius 3 is 1.41 bits per heavy atom. The highest BCUT2D eigenvalue weighted by molar-refractivity contribution is 5.98. The first-order valence-corrected chi connectivity index (χ1v) is 24.3. The van der Waals surface area contributed by atoms with Crippen molar-refractivity contribution < 1.29 is 0 Å². The SMILES string of the molecule is C=C/C=C(\C=C)c1nc(-c2ccccc2)nc(-c2ccc(-c3ccccc3N(c3ccc4c(c3)C(C)(C)c3ccccc3-4)c3ccc4c(c3)C3(c5ccccc5-c5ccccc53)c3ccccc3-4)cc2)n1. The van der Waals surface area contributed by atoms with E-state index >= 15 is 0 Å². The summed E-state index contributed by atoms with van der Waals surface area (Å²) in [5, 5.41) is 0. The molecule has 3 aliphatic carbocycles. The topological polar surface area (TPSA) is 41.9 Å². The molecule has 71 heavy (non-hydrogen) atoms. The van der Waals surface area contributed by atoms with Crippen LogP contribution in [0.3, 0.4) is 0 Å². The zero-order valence-corrected chi connectivity index (χ0v) is 39.6. The minimum atomic E-state index is -0.485. The van der Waals surface area contributed by atoms with Crippen LogP contribution in [0.2, 0.25) is 0 Å². The highest BCUT2D eigenvalue weighted by Crippen LogP contribution is 2.63. The minimum absolute atomic E-state index is 0.187. The van der Waals surface area contributed by atoms with Crippen LogP contribution in [0.15, 0.2) is 244 Å². The normalized spacial score (nSPS) is 13.9. The molecule has 4 nitrogen and oxygen atoms in total. The second kappa shape index (κ2) is 16.3. The van der Waals surface area contributed by atoms with Gasteiger partial charge in [-0.2, -0.15) is 0 Å². The highest BCUT2D eigenvalue weighted by Gasteiger charge is 2.51. The molecule has 0 bridgehead atoms. The van der Waals surface area contributed by atoms with Crippen LogP contribution in [-0.4, -0.2) is 15.0 Å². The van der Waals surface area contributed by atoms with Crippen LogP contribution in [0.4, 0.5) is 17.1 Å². The van der Waals surface area contributed by atoms with Gasteiger partial charge in [0.1, 0.15) is 0 Å². The third-order valence-corrected chi connectivity index (χ3v) is 15.1. The molecule has 0 unspecified atom stereocenters. The summed E-state index contributed by atoms with van der Waals surface area (Å²) in [5.41, 5.74) is 23.0.